The lowest BCUT2D eigenvalue weighted by Gasteiger charge is -2.15. The van der Waals surface area contributed by atoms with E-state index in [0.717, 1.165) is 60.7 Å². The number of esters is 1. The number of urea groups is 1. The van der Waals surface area contributed by atoms with Crippen LogP contribution in [0.1, 0.15) is 61.1 Å². The molecule has 3 amide bonds. The fourth-order valence-corrected chi connectivity index (χ4v) is 3.51. The number of imide groups is 1. The topological polar surface area (TPSA) is 97.4 Å². The Morgan fingerprint density at radius 3 is 2.69 bits per heavy atom. The number of nitrogens with one attached hydrogen (secondary N) is 2. The number of rotatable bonds is 5. The highest BCUT2D eigenvalue weighted by molar-refractivity contribution is 6.06. The highest BCUT2D eigenvalue weighted by atomic mass is 16.5. The second-order valence-corrected chi connectivity index (χ2v) is 7.40. The van der Waals surface area contributed by atoms with Gasteiger partial charge < -0.3 is 10.1 Å². The fraction of sp³-hybridized carbons (Fsp3) is 0.455. The van der Waals surface area contributed by atoms with E-state index in [1.165, 1.54) is 0 Å². The number of ether oxygens (including phenoxy) is 1. The van der Waals surface area contributed by atoms with Crippen molar-refractivity contribution in [1.82, 2.24) is 15.6 Å². The van der Waals surface area contributed by atoms with Gasteiger partial charge in [-0.25, -0.2) is 9.59 Å². The molecule has 2 N–H and O–H groups in total. The van der Waals surface area contributed by atoms with Crippen LogP contribution < -0.4 is 10.6 Å². The molecule has 1 aliphatic carbocycles. The summed E-state index contributed by atoms with van der Waals surface area (Å²) >= 11 is 0. The second-order valence-electron chi connectivity index (χ2n) is 7.40. The van der Waals surface area contributed by atoms with Gasteiger partial charge in [-0.2, -0.15) is 0 Å². The normalized spacial score (nSPS) is 14.4. The predicted molar refractivity (Wildman–Crippen MR) is 110 cm³/mol. The molecule has 1 aromatic heterocycles. The number of carbonyl (C=O) groups excluding carboxylic acids is 3. The molecule has 7 heteroatoms. The van der Waals surface area contributed by atoms with Gasteiger partial charge in [0, 0.05) is 17.1 Å². The Balaban J connectivity index is 1.76. The summed E-state index contributed by atoms with van der Waals surface area (Å²) in [5, 5.41) is 5.54. The van der Waals surface area contributed by atoms with Crippen LogP contribution in [0.2, 0.25) is 0 Å². The zero-order chi connectivity index (χ0) is 20.8. The summed E-state index contributed by atoms with van der Waals surface area (Å²) in [6, 6.07) is 6.83. The number of carbonyl (C=O) groups is 3. The molecule has 0 unspecified atom stereocenters. The molecule has 0 aliphatic heterocycles. The highest BCUT2D eigenvalue weighted by Crippen LogP contribution is 2.29. The van der Waals surface area contributed by atoms with Crippen molar-refractivity contribution in [1.29, 1.82) is 0 Å². The molecular formula is C22H27N3O4. The molecule has 0 saturated carbocycles. The van der Waals surface area contributed by atoms with E-state index < -0.39 is 24.5 Å². The Morgan fingerprint density at radius 2 is 1.90 bits per heavy atom. The largest absolute Gasteiger partial charge is 0.452 e. The van der Waals surface area contributed by atoms with Crippen molar-refractivity contribution in [3.8, 4) is 0 Å². The molecule has 1 atom stereocenters. The van der Waals surface area contributed by atoms with Gasteiger partial charge in [-0.15, -0.1) is 0 Å². The van der Waals surface area contributed by atoms with Crippen molar-refractivity contribution in [2.75, 3.05) is 6.61 Å². The molecule has 1 aromatic carbocycles. The first-order chi connectivity index (χ1) is 14.0. The summed E-state index contributed by atoms with van der Waals surface area (Å²) in [5.41, 5.74) is 3.09. The van der Waals surface area contributed by atoms with E-state index in [4.69, 9.17) is 9.72 Å². The standard InChI is InChI=1S/C22H27N3O4/c1-3-14(2)23-22(28)25-19(26)13-29-21(27)20-15-9-5-4-6-11-17(15)24-18-12-8-7-10-16(18)20/h7-8,10,12,14H,3-6,9,11,13H2,1-2H3,(H2,23,25,26,28)/t14-/m1/s1. The third-order valence-electron chi connectivity index (χ3n) is 5.20. The maximum atomic E-state index is 12.9. The van der Waals surface area contributed by atoms with Gasteiger partial charge in [0.05, 0.1) is 11.1 Å². The van der Waals surface area contributed by atoms with Crippen LogP contribution in [-0.4, -0.2) is 35.5 Å². The second kappa shape index (κ2) is 9.49. The summed E-state index contributed by atoms with van der Waals surface area (Å²) in [6.07, 6.45) is 5.47. The third kappa shape index (κ3) is 5.10. The highest BCUT2D eigenvalue weighted by Gasteiger charge is 2.23. The van der Waals surface area contributed by atoms with Crippen LogP contribution in [0, 0.1) is 0 Å². The number of amides is 3. The number of pyridine rings is 1. The molecule has 29 heavy (non-hydrogen) atoms. The Bertz CT molecular complexity index is 926. The van der Waals surface area contributed by atoms with Crippen LogP contribution in [0.15, 0.2) is 24.3 Å². The number of aromatic nitrogens is 1. The molecular weight excluding hydrogens is 370 g/mol. The van der Waals surface area contributed by atoms with Gasteiger partial charge in [0.25, 0.3) is 5.91 Å². The summed E-state index contributed by atoms with van der Waals surface area (Å²) in [7, 11) is 0. The minimum Gasteiger partial charge on any atom is -0.452 e. The summed E-state index contributed by atoms with van der Waals surface area (Å²) < 4.78 is 5.28. The molecule has 0 fully saturated rings. The van der Waals surface area contributed by atoms with E-state index >= 15 is 0 Å². The zero-order valence-electron chi connectivity index (χ0n) is 16.9. The van der Waals surface area contributed by atoms with Crippen molar-refractivity contribution in [2.45, 2.75) is 58.4 Å². The number of aryl methyl sites for hydroxylation is 1. The summed E-state index contributed by atoms with van der Waals surface area (Å²) in [6.45, 7) is 3.25. The van der Waals surface area contributed by atoms with Crippen LogP contribution in [0.5, 0.6) is 0 Å². The lowest BCUT2D eigenvalue weighted by molar-refractivity contribution is -0.123. The molecule has 0 bridgehead atoms. The van der Waals surface area contributed by atoms with E-state index in [1.807, 2.05) is 38.1 Å². The van der Waals surface area contributed by atoms with E-state index in [9.17, 15) is 14.4 Å². The van der Waals surface area contributed by atoms with E-state index in [-0.39, 0.29) is 6.04 Å². The van der Waals surface area contributed by atoms with Gasteiger partial charge >= 0.3 is 12.0 Å². The number of benzene rings is 1. The molecule has 3 rings (SSSR count). The molecule has 1 aliphatic rings. The SMILES string of the molecule is CC[C@@H](C)NC(=O)NC(=O)COC(=O)c1c2c(nc3ccccc13)CCCCC2. The monoisotopic (exact) mass is 397 g/mol. The first-order valence-corrected chi connectivity index (χ1v) is 10.2. The van der Waals surface area contributed by atoms with Gasteiger partial charge in [-0.05, 0) is 50.7 Å². The third-order valence-corrected chi connectivity index (χ3v) is 5.20. The minimum atomic E-state index is -0.663. The van der Waals surface area contributed by atoms with Crippen LogP contribution in [0.25, 0.3) is 10.9 Å². The Hall–Kier alpha value is -2.96. The smallest absolute Gasteiger partial charge is 0.339 e. The Labute approximate surface area is 170 Å². The molecule has 1 heterocycles. The number of hydrogen-bond acceptors (Lipinski definition) is 5. The van der Waals surface area contributed by atoms with E-state index in [0.29, 0.717) is 5.56 Å². The van der Waals surface area contributed by atoms with Crippen LogP contribution in [-0.2, 0) is 22.4 Å². The summed E-state index contributed by atoms with van der Waals surface area (Å²) in [4.78, 5) is 41.4. The van der Waals surface area contributed by atoms with Gasteiger partial charge in [0.2, 0.25) is 0 Å². The van der Waals surface area contributed by atoms with Gasteiger partial charge in [-0.1, -0.05) is 31.5 Å². The first kappa shape index (κ1) is 20.8. The molecule has 2 aromatic rings. The Morgan fingerprint density at radius 1 is 1.14 bits per heavy atom. The average Bonchev–Trinajstić information content (AvgIpc) is 2.95. The fourth-order valence-electron chi connectivity index (χ4n) is 3.51. The van der Waals surface area contributed by atoms with Crippen molar-refractivity contribution >= 4 is 28.8 Å². The van der Waals surface area contributed by atoms with Crippen molar-refractivity contribution in [3.05, 3.63) is 41.1 Å². The molecule has 7 nitrogen and oxygen atoms in total. The van der Waals surface area contributed by atoms with Crippen LogP contribution in [0.4, 0.5) is 4.79 Å². The molecule has 0 spiro atoms. The van der Waals surface area contributed by atoms with Gasteiger partial charge in [0.1, 0.15) is 0 Å². The predicted octanol–water partition coefficient (Wildman–Crippen LogP) is 3.28. The Kier molecular flexibility index (Phi) is 6.80. The number of hydrogen-bond donors (Lipinski definition) is 2. The lowest BCUT2D eigenvalue weighted by atomic mass is 9.97. The van der Waals surface area contributed by atoms with Gasteiger partial charge in [0.15, 0.2) is 6.61 Å². The maximum absolute atomic E-state index is 12.9. The van der Waals surface area contributed by atoms with Crippen LogP contribution >= 0.6 is 0 Å². The number of para-hydroxylation sites is 1. The molecule has 0 saturated heterocycles. The first-order valence-electron chi connectivity index (χ1n) is 10.2. The van der Waals surface area contributed by atoms with E-state index in [1.54, 1.807) is 0 Å². The number of fused-ring (bicyclic) bond motifs is 2. The number of nitrogens with zero attached hydrogens (tertiary/aromatic N) is 1. The average molecular weight is 397 g/mol. The van der Waals surface area contributed by atoms with Gasteiger partial charge in [-0.3, -0.25) is 15.1 Å². The van der Waals surface area contributed by atoms with E-state index in [2.05, 4.69) is 10.6 Å². The lowest BCUT2D eigenvalue weighted by Crippen LogP contribution is -2.44. The van der Waals surface area contributed by atoms with Crippen LogP contribution in [0.3, 0.4) is 0 Å². The quantitative estimate of drug-likeness (QED) is 0.596. The molecule has 0 radical (unpaired) electrons. The minimum absolute atomic E-state index is 0.0519. The van der Waals surface area contributed by atoms with Crippen molar-refractivity contribution in [2.24, 2.45) is 0 Å². The summed E-state index contributed by atoms with van der Waals surface area (Å²) in [5.74, 6) is -1.22. The van der Waals surface area contributed by atoms with Crippen molar-refractivity contribution < 1.29 is 19.1 Å². The zero-order valence-corrected chi connectivity index (χ0v) is 16.9. The van der Waals surface area contributed by atoms with Crippen molar-refractivity contribution in [3.63, 3.8) is 0 Å². The molecule has 154 valence electrons. The maximum Gasteiger partial charge on any atom is 0.339 e.